The van der Waals surface area contributed by atoms with Gasteiger partial charge < -0.3 is 0 Å². The maximum Gasteiger partial charge on any atom is 0.178 e. The first-order valence-corrected chi connectivity index (χ1v) is 5.44. The third-order valence-corrected chi connectivity index (χ3v) is 2.86. The Labute approximate surface area is 79.1 Å². The number of halogens is 3. The van der Waals surface area contributed by atoms with Gasteiger partial charge in [0, 0.05) is 6.26 Å². The van der Waals surface area contributed by atoms with Gasteiger partial charge in [-0.1, -0.05) is 11.6 Å². The van der Waals surface area contributed by atoms with Crippen LogP contribution >= 0.6 is 11.6 Å². The van der Waals surface area contributed by atoms with E-state index in [1.54, 1.807) is 0 Å². The van der Waals surface area contributed by atoms with Gasteiger partial charge in [-0.25, -0.2) is 17.2 Å². The van der Waals surface area contributed by atoms with Crippen molar-refractivity contribution in [3.8, 4) is 0 Å². The maximum atomic E-state index is 13.0. The third kappa shape index (κ3) is 1.97. The second kappa shape index (κ2) is 3.23. The Bertz CT molecular complexity index is 442. The van der Waals surface area contributed by atoms with E-state index in [1.807, 2.05) is 0 Å². The minimum absolute atomic E-state index is 0.598. The zero-order valence-corrected chi connectivity index (χ0v) is 8.09. The maximum absolute atomic E-state index is 13.0. The van der Waals surface area contributed by atoms with Crippen molar-refractivity contribution in [3.05, 3.63) is 28.8 Å². The minimum Gasteiger partial charge on any atom is -0.224 e. The average molecular weight is 227 g/mol. The molecule has 72 valence electrons. The van der Waals surface area contributed by atoms with Crippen molar-refractivity contribution >= 4 is 21.4 Å². The Kier molecular flexibility index (Phi) is 2.58. The standard InChI is InChI=1S/C7H5ClF2O2S/c1-13(11,12)5-3-2-4(9)6(8)7(5)10/h2-3H,1H3. The summed E-state index contributed by atoms with van der Waals surface area (Å²) in [5.41, 5.74) is 0. The predicted octanol–water partition coefficient (Wildman–Crippen LogP) is 2.02. The lowest BCUT2D eigenvalue weighted by Crippen LogP contribution is -2.02. The number of sulfone groups is 1. The second-order valence-corrected chi connectivity index (χ2v) is 4.81. The smallest absolute Gasteiger partial charge is 0.178 e. The molecule has 0 aliphatic heterocycles. The summed E-state index contributed by atoms with van der Waals surface area (Å²) in [4.78, 5) is -0.598. The van der Waals surface area contributed by atoms with Crippen LogP contribution in [0.5, 0.6) is 0 Å². The highest BCUT2D eigenvalue weighted by Gasteiger charge is 2.18. The lowest BCUT2D eigenvalue weighted by atomic mass is 10.3. The molecule has 0 bridgehead atoms. The van der Waals surface area contributed by atoms with Gasteiger partial charge in [0.25, 0.3) is 0 Å². The molecule has 0 saturated heterocycles. The molecule has 2 nitrogen and oxygen atoms in total. The zero-order chi connectivity index (χ0) is 10.2. The predicted molar refractivity (Wildman–Crippen MR) is 44.5 cm³/mol. The van der Waals surface area contributed by atoms with Crippen LogP contribution in [-0.2, 0) is 9.84 Å². The molecule has 0 N–H and O–H groups in total. The largest absolute Gasteiger partial charge is 0.224 e. The fourth-order valence-corrected chi connectivity index (χ4v) is 1.76. The minimum atomic E-state index is -3.70. The fourth-order valence-electron chi connectivity index (χ4n) is 0.795. The molecule has 0 heterocycles. The van der Waals surface area contributed by atoms with Crippen molar-refractivity contribution in [2.24, 2.45) is 0 Å². The van der Waals surface area contributed by atoms with Crippen molar-refractivity contribution < 1.29 is 17.2 Å². The molecule has 0 aliphatic carbocycles. The van der Waals surface area contributed by atoms with Gasteiger partial charge in [0.05, 0.1) is 0 Å². The topological polar surface area (TPSA) is 34.1 Å². The molecule has 0 radical (unpaired) electrons. The summed E-state index contributed by atoms with van der Waals surface area (Å²) in [7, 11) is -3.70. The number of rotatable bonds is 1. The van der Waals surface area contributed by atoms with E-state index in [0.29, 0.717) is 0 Å². The number of benzene rings is 1. The summed E-state index contributed by atoms with van der Waals surface area (Å²) in [6.07, 6.45) is 0.819. The summed E-state index contributed by atoms with van der Waals surface area (Å²) in [5.74, 6) is -2.23. The van der Waals surface area contributed by atoms with Gasteiger partial charge in [-0.2, -0.15) is 0 Å². The first kappa shape index (κ1) is 10.4. The lowest BCUT2D eigenvalue weighted by molar-refractivity contribution is 0.552. The monoisotopic (exact) mass is 226 g/mol. The van der Waals surface area contributed by atoms with Gasteiger partial charge in [-0.3, -0.25) is 0 Å². The Morgan fingerprint density at radius 1 is 1.31 bits per heavy atom. The highest BCUT2D eigenvalue weighted by molar-refractivity contribution is 7.90. The number of hydrogen-bond acceptors (Lipinski definition) is 2. The van der Waals surface area contributed by atoms with Crippen LogP contribution in [0.2, 0.25) is 5.02 Å². The van der Waals surface area contributed by atoms with Gasteiger partial charge in [0.2, 0.25) is 0 Å². The Balaban J connectivity index is 3.53. The first-order valence-electron chi connectivity index (χ1n) is 3.17. The SMILES string of the molecule is CS(=O)(=O)c1ccc(F)c(Cl)c1F. The van der Waals surface area contributed by atoms with Gasteiger partial charge in [0.15, 0.2) is 15.7 Å². The van der Waals surface area contributed by atoms with Crippen LogP contribution in [0.1, 0.15) is 0 Å². The molecule has 1 aromatic rings. The van der Waals surface area contributed by atoms with Crippen LogP contribution in [-0.4, -0.2) is 14.7 Å². The van der Waals surface area contributed by atoms with E-state index < -0.39 is 31.4 Å². The molecule has 0 amide bonds. The highest BCUT2D eigenvalue weighted by Crippen LogP contribution is 2.24. The van der Waals surface area contributed by atoms with E-state index in [4.69, 9.17) is 11.6 Å². The molecule has 6 heteroatoms. The van der Waals surface area contributed by atoms with Crippen LogP contribution in [0.25, 0.3) is 0 Å². The van der Waals surface area contributed by atoms with Crippen LogP contribution in [0.3, 0.4) is 0 Å². The Morgan fingerprint density at radius 3 is 2.31 bits per heavy atom. The molecule has 1 rings (SSSR count). The van der Waals surface area contributed by atoms with Crippen LogP contribution in [0.4, 0.5) is 8.78 Å². The summed E-state index contributed by atoms with van der Waals surface area (Å²) >= 11 is 5.17. The average Bonchev–Trinajstić information content (AvgIpc) is 1.98. The third-order valence-electron chi connectivity index (χ3n) is 1.40. The Morgan fingerprint density at radius 2 is 1.85 bits per heavy atom. The molecule has 0 aliphatic rings. The molecule has 1 aromatic carbocycles. The molecular formula is C7H5ClF2O2S. The van der Waals surface area contributed by atoms with Crippen molar-refractivity contribution in [1.82, 2.24) is 0 Å². The molecule has 0 unspecified atom stereocenters. The van der Waals surface area contributed by atoms with E-state index in [0.717, 1.165) is 18.4 Å². The number of hydrogen-bond donors (Lipinski definition) is 0. The van der Waals surface area contributed by atoms with Crippen molar-refractivity contribution in [1.29, 1.82) is 0 Å². The second-order valence-electron chi connectivity index (χ2n) is 2.45. The molecule has 0 spiro atoms. The van der Waals surface area contributed by atoms with Crippen LogP contribution < -0.4 is 0 Å². The van der Waals surface area contributed by atoms with E-state index in [2.05, 4.69) is 0 Å². The molecule has 0 aromatic heterocycles. The normalized spacial score (nSPS) is 11.7. The molecular weight excluding hydrogens is 222 g/mol. The molecule has 0 atom stereocenters. The van der Waals surface area contributed by atoms with Crippen LogP contribution in [0, 0.1) is 11.6 Å². The van der Waals surface area contributed by atoms with Crippen molar-refractivity contribution in [2.75, 3.05) is 6.26 Å². The van der Waals surface area contributed by atoms with E-state index in [1.165, 1.54) is 0 Å². The van der Waals surface area contributed by atoms with E-state index in [9.17, 15) is 17.2 Å². The summed E-state index contributed by atoms with van der Waals surface area (Å²) in [6, 6.07) is 1.65. The van der Waals surface area contributed by atoms with Gasteiger partial charge in [0.1, 0.15) is 15.7 Å². The molecule has 0 saturated carbocycles. The van der Waals surface area contributed by atoms with E-state index in [-0.39, 0.29) is 0 Å². The highest BCUT2D eigenvalue weighted by atomic mass is 35.5. The molecule has 13 heavy (non-hydrogen) atoms. The van der Waals surface area contributed by atoms with Gasteiger partial charge in [-0.05, 0) is 12.1 Å². The van der Waals surface area contributed by atoms with Crippen LogP contribution in [0.15, 0.2) is 17.0 Å². The quantitative estimate of drug-likeness (QED) is 0.542. The van der Waals surface area contributed by atoms with E-state index >= 15 is 0 Å². The summed E-state index contributed by atoms with van der Waals surface area (Å²) < 4.78 is 47.4. The molecule has 0 fully saturated rings. The lowest BCUT2D eigenvalue weighted by Gasteiger charge is -2.02. The first-order chi connectivity index (χ1) is 5.84. The van der Waals surface area contributed by atoms with Gasteiger partial charge in [-0.15, -0.1) is 0 Å². The zero-order valence-electron chi connectivity index (χ0n) is 6.51. The van der Waals surface area contributed by atoms with Crippen molar-refractivity contribution in [2.45, 2.75) is 4.90 Å². The van der Waals surface area contributed by atoms with Crippen molar-refractivity contribution in [3.63, 3.8) is 0 Å². The summed E-state index contributed by atoms with van der Waals surface area (Å²) in [6.45, 7) is 0. The fraction of sp³-hybridized carbons (Fsp3) is 0.143. The van der Waals surface area contributed by atoms with Gasteiger partial charge >= 0.3 is 0 Å². The summed E-state index contributed by atoms with van der Waals surface area (Å²) in [5, 5.41) is -0.803. The Hall–Kier alpha value is -0.680.